The van der Waals surface area contributed by atoms with E-state index in [0.717, 1.165) is 60.8 Å². The van der Waals surface area contributed by atoms with Crippen LogP contribution in [0.15, 0.2) is 41.7 Å². The quantitative estimate of drug-likeness (QED) is 0.552. The number of aromatic nitrogens is 2. The molecule has 134 valence electrons. The zero-order chi connectivity index (χ0) is 18.1. The van der Waals surface area contributed by atoms with Gasteiger partial charge in [-0.2, -0.15) is 0 Å². The third-order valence-corrected chi connectivity index (χ3v) is 4.06. The van der Waals surface area contributed by atoms with Crippen LogP contribution in [0.25, 0.3) is 11.1 Å². The second-order valence-corrected chi connectivity index (χ2v) is 6.28. The number of pyridine rings is 2. The number of aliphatic imine (C=N–C) groups is 1. The lowest BCUT2D eigenvalue weighted by Gasteiger charge is -2.18. The molecule has 25 heavy (non-hydrogen) atoms. The normalized spacial score (nSPS) is 11.6. The zero-order valence-electron chi connectivity index (χ0n) is 15.8. The number of rotatable bonds is 9. The lowest BCUT2D eigenvalue weighted by atomic mass is 10.1. The summed E-state index contributed by atoms with van der Waals surface area (Å²) in [7, 11) is 4.05. The summed E-state index contributed by atoms with van der Waals surface area (Å²) >= 11 is 0. The van der Waals surface area contributed by atoms with Crippen LogP contribution in [0, 0.1) is 0 Å². The summed E-state index contributed by atoms with van der Waals surface area (Å²) in [6.45, 7) is 6.21. The highest BCUT2D eigenvalue weighted by atomic mass is 15.2. The Bertz CT molecular complexity index is 679. The molecule has 5 heteroatoms. The molecule has 0 atom stereocenters. The van der Waals surface area contributed by atoms with Crippen molar-refractivity contribution in [1.82, 2.24) is 15.3 Å². The van der Waals surface area contributed by atoms with E-state index in [2.05, 4.69) is 58.2 Å². The van der Waals surface area contributed by atoms with Crippen molar-refractivity contribution in [2.24, 2.45) is 4.99 Å². The first-order valence-corrected chi connectivity index (χ1v) is 8.96. The van der Waals surface area contributed by atoms with Crippen LogP contribution in [-0.2, 0) is 0 Å². The minimum atomic E-state index is 0.761. The number of nitrogens with one attached hydrogen (secondary N) is 1. The van der Waals surface area contributed by atoms with Crippen LogP contribution in [0.1, 0.15) is 33.1 Å². The van der Waals surface area contributed by atoms with Gasteiger partial charge in [0.2, 0.25) is 0 Å². The molecule has 0 amide bonds. The predicted octanol–water partition coefficient (Wildman–Crippen LogP) is 4.08. The van der Waals surface area contributed by atoms with Crippen molar-refractivity contribution in [2.45, 2.75) is 33.1 Å². The van der Waals surface area contributed by atoms with Crippen molar-refractivity contribution in [2.75, 3.05) is 32.1 Å². The van der Waals surface area contributed by atoms with Gasteiger partial charge in [-0.25, -0.2) is 15.0 Å². The van der Waals surface area contributed by atoms with Crippen molar-refractivity contribution in [3.63, 3.8) is 0 Å². The Kier molecular flexibility index (Phi) is 7.54. The van der Waals surface area contributed by atoms with E-state index in [4.69, 9.17) is 0 Å². The van der Waals surface area contributed by atoms with Crippen molar-refractivity contribution in [3.05, 3.63) is 36.7 Å². The summed E-state index contributed by atoms with van der Waals surface area (Å²) in [5.41, 5.74) is 3.29. The number of hydrogen-bond acceptors (Lipinski definition) is 5. The van der Waals surface area contributed by atoms with Crippen molar-refractivity contribution in [1.29, 1.82) is 0 Å². The summed E-state index contributed by atoms with van der Waals surface area (Å²) in [4.78, 5) is 15.7. The van der Waals surface area contributed by atoms with Gasteiger partial charge in [0, 0.05) is 37.3 Å². The van der Waals surface area contributed by atoms with Crippen LogP contribution in [0.5, 0.6) is 0 Å². The minimum Gasteiger partial charge on any atom is -0.360 e. The van der Waals surface area contributed by atoms with E-state index in [1.165, 1.54) is 0 Å². The van der Waals surface area contributed by atoms with E-state index in [1.54, 1.807) is 0 Å². The van der Waals surface area contributed by atoms with Gasteiger partial charge < -0.3 is 10.2 Å². The predicted molar refractivity (Wildman–Crippen MR) is 107 cm³/mol. The molecule has 2 rings (SSSR count). The summed E-state index contributed by atoms with van der Waals surface area (Å²) in [6, 6.07) is 8.20. The summed E-state index contributed by atoms with van der Waals surface area (Å²) in [5.74, 6) is 1.75. The largest absolute Gasteiger partial charge is 0.360 e. The average molecular weight is 339 g/mol. The first kappa shape index (κ1) is 19.1. The maximum absolute atomic E-state index is 4.60. The Labute approximate surface area is 151 Å². The van der Waals surface area contributed by atoms with Gasteiger partial charge in [0.05, 0.1) is 0 Å². The molecule has 2 heterocycles. The molecule has 0 radical (unpaired) electrons. The molecule has 2 aromatic heterocycles. The van der Waals surface area contributed by atoms with Crippen LogP contribution >= 0.6 is 0 Å². The van der Waals surface area contributed by atoms with Crippen molar-refractivity contribution >= 4 is 17.3 Å². The fourth-order valence-corrected chi connectivity index (χ4v) is 2.66. The SMILES string of the molecule is CCCC(C)=Nc1cc(-c2ccc(N(C)CCCNC)nc2)ccn1. The van der Waals surface area contributed by atoms with Gasteiger partial charge in [0.25, 0.3) is 0 Å². The molecule has 0 saturated heterocycles. The van der Waals surface area contributed by atoms with Crippen molar-refractivity contribution < 1.29 is 0 Å². The highest BCUT2D eigenvalue weighted by Gasteiger charge is 2.05. The maximum Gasteiger partial charge on any atom is 0.152 e. The van der Waals surface area contributed by atoms with Gasteiger partial charge in [-0.15, -0.1) is 0 Å². The molecular weight excluding hydrogens is 310 g/mol. The standard InChI is InChI=1S/C20H29N5/c1-5-7-16(2)24-19-14-17(10-12-22-19)18-8-9-20(23-15-18)25(4)13-6-11-21-3/h8-10,12,14-15,21H,5-7,11,13H2,1-4H3. The highest BCUT2D eigenvalue weighted by Crippen LogP contribution is 2.23. The van der Waals surface area contributed by atoms with Gasteiger partial charge in [-0.05, 0) is 63.2 Å². The van der Waals surface area contributed by atoms with E-state index in [1.807, 2.05) is 31.6 Å². The molecular formula is C20H29N5. The highest BCUT2D eigenvalue weighted by molar-refractivity contribution is 5.84. The second-order valence-electron chi connectivity index (χ2n) is 6.28. The molecule has 0 fully saturated rings. The van der Waals surface area contributed by atoms with Crippen LogP contribution < -0.4 is 10.2 Å². The van der Waals surface area contributed by atoms with Crippen LogP contribution in [-0.4, -0.2) is 42.9 Å². The molecule has 0 aliphatic heterocycles. The Morgan fingerprint density at radius 2 is 2.04 bits per heavy atom. The number of anilines is 1. The average Bonchev–Trinajstić information content (AvgIpc) is 2.62. The van der Waals surface area contributed by atoms with E-state index in [-0.39, 0.29) is 0 Å². The molecule has 1 N–H and O–H groups in total. The van der Waals surface area contributed by atoms with Crippen LogP contribution in [0.3, 0.4) is 0 Å². The monoisotopic (exact) mass is 339 g/mol. The van der Waals surface area contributed by atoms with Gasteiger partial charge in [-0.1, -0.05) is 13.3 Å². The molecule has 0 unspecified atom stereocenters. The van der Waals surface area contributed by atoms with Crippen LogP contribution in [0.4, 0.5) is 11.6 Å². The summed E-state index contributed by atoms with van der Waals surface area (Å²) in [5, 5.41) is 3.17. The smallest absolute Gasteiger partial charge is 0.152 e. The van der Waals surface area contributed by atoms with Crippen LogP contribution in [0.2, 0.25) is 0 Å². The van der Waals surface area contributed by atoms with Crippen molar-refractivity contribution in [3.8, 4) is 11.1 Å². The lowest BCUT2D eigenvalue weighted by molar-refractivity contribution is 0.709. The number of nitrogens with zero attached hydrogens (tertiary/aromatic N) is 4. The minimum absolute atomic E-state index is 0.761. The Balaban J connectivity index is 2.10. The number of hydrogen-bond donors (Lipinski definition) is 1. The van der Waals surface area contributed by atoms with Gasteiger partial charge in [-0.3, -0.25) is 0 Å². The molecule has 0 bridgehead atoms. The molecule has 0 aliphatic rings. The Morgan fingerprint density at radius 3 is 2.72 bits per heavy atom. The molecule has 5 nitrogen and oxygen atoms in total. The van der Waals surface area contributed by atoms with E-state index >= 15 is 0 Å². The van der Waals surface area contributed by atoms with Gasteiger partial charge in [0.1, 0.15) is 5.82 Å². The summed E-state index contributed by atoms with van der Waals surface area (Å²) in [6.07, 6.45) is 6.93. The lowest BCUT2D eigenvalue weighted by Crippen LogP contribution is -2.22. The fraction of sp³-hybridized carbons (Fsp3) is 0.450. The van der Waals surface area contributed by atoms with E-state index in [9.17, 15) is 0 Å². The topological polar surface area (TPSA) is 53.4 Å². The third kappa shape index (κ3) is 5.94. The molecule has 0 saturated carbocycles. The first-order valence-electron chi connectivity index (χ1n) is 8.96. The molecule has 0 aliphatic carbocycles. The zero-order valence-corrected chi connectivity index (χ0v) is 15.8. The van der Waals surface area contributed by atoms with Gasteiger partial charge >= 0.3 is 0 Å². The van der Waals surface area contributed by atoms with Gasteiger partial charge in [0.15, 0.2) is 5.82 Å². The Hall–Kier alpha value is -2.27. The fourth-order valence-electron chi connectivity index (χ4n) is 2.66. The Morgan fingerprint density at radius 1 is 1.20 bits per heavy atom. The summed E-state index contributed by atoms with van der Waals surface area (Å²) < 4.78 is 0. The third-order valence-electron chi connectivity index (χ3n) is 4.06. The first-order chi connectivity index (χ1) is 12.1. The molecule has 0 aromatic carbocycles. The second kappa shape index (κ2) is 9.89. The van der Waals surface area contributed by atoms with E-state index in [0.29, 0.717) is 0 Å². The molecule has 2 aromatic rings. The maximum atomic E-state index is 4.60. The van der Waals surface area contributed by atoms with E-state index < -0.39 is 0 Å². The molecule has 0 spiro atoms.